The van der Waals surface area contributed by atoms with Crippen LogP contribution in [0.4, 0.5) is 0 Å². The molecule has 0 aliphatic rings. The van der Waals surface area contributed by atoms with Crippen molar-refractivity contribution in [3.8, 4) is 23.3 Å². The molecular weight excluding hydrogens is 326 g/mol. The molecule has 3 rings (SSSR count). The summed E-state index contributed by atoms with van der Waals surface area (Å²) < 4.78 is 31.5. The van der Waals surface area contributed by atoms with E-state index in [9.17, 15) is 13.7 Å². The van der Waals surface area contributed by atoms with E-state index in [2.05, 4.69) is 0 Å². The standard InChI is InChI=1S/C17H13N3O3S/c18-12-13-10-15(20-8-4-5-9-20)17(16(11-13)24(19,21)22)23-14-6-2-1-3-7-14/h1-11H,(H2,19,21,22). The van der Waals surface area contributed by atoms with Crippen LogP contribution in [0.1, 0.15) is 5.56 Å². The second kappa shape index (κ2) is 6.20. The van der Waals surface area contributed by atoms with Crippen LogP contribution in [0.15, 0.2) is 71.9 Å². The van der Waals surface area contributed by atoms with Gasteiger partial charge in [0.25, 0.3) is 0 Å². The summed E-state index contributed by atoms with van der Waals surface area (Å²) in [6, 6.07) is 17.0. The number of ether oxygens (including phenoxy) is 1. The SMILES string of the molecule is N#Cc1cc(-n2cccc2)c(Oc2ccccc2)c(S(N)(=O)=O)c1. The Morgan fingerprint density at radius 3 is 2.29 bits per heavy atom. The quantitative estimate of drug-likeness (QED) is 0.790. The Morgan fingerprint density at radius 2 is 1.71 bits per heavy atom. The molecule has 2 aromatic carbocycles. The lowest BCUT2D eigenvalue weighted by atomic mass is 10.2. The summed E-state index contributed by atoms with van der Waals surface area (Å²) in [5, 5.41) is 14.5. The Bertz CT molecular complexity index is 1010. The summed E-state index contributed by atoms with van der Waals surface area (Å²) in [5.41, 5.74) is 0.579. The molecule has 0 bridgehead atoms. The van der Waals surface area contributed by atoms with Gasteiger partial charge in [-0.2, -0.15) is 5.26 Å². The molecule has 1 aromatic heterocycles. The predicted octanol–water partition coefficient (Wildman–Crippen LogP) is 2.79. The zero-order valence-electron chi connectivity index (χ0n) is 12.5. The predicted molar refractivity (Wildman–Crippen MR) is 88.4 cm³/mol. The van der Waals surface area contributed by atoms with Gasteiger partial charge in [-0.25, -0.2) is 13.6 Å². The lowest BCUT2D eigenvalue weighted by molar-refractivity contribution is 0.464. The second-order valence-corrected chi connectivity index (χ2v) is 6.51. The molecule has 2 N–H and O–H groups in total. The summed E-state index contributed by atoms with van der Waals surface area (Å²) >= 11 is 0. The van der Waals surface area contributed by atoms with Gasteiger partial charge in [0.1, 0.15) is 10.6 Å². The highest BCUT2D eigenvalue weighted by molar-refractivity contribution is 7.89. The first kappa shape index (κ1) is 15.8. The van der Waals surface area contributed by atoms with E-state index in [1.54, 1.807) is 59.4 Å². The molecule has 0 saturated heterocycles. The van der Waals surface area contributed by atoms with Crippen LogP contribution in [-0.2, 0) is 10.0 Å². The highest BCUT2D eigenvalue weighted by Crippen LogP contribution is 2.35. The zero-order valence-corrected chi connectivity index (χ0v) is 13.3. The Morgan fingerprint density at radius 1 is 1.04 bits per heavy atom. The van der Waals surface area contributed by atoms with Crippen molar-refractivity contribution in [3.05, 3.63) is 72.6 Å². The zero-order chi connectivity index (χ0) is 17.2. The van der Waals surface area contributed by atoms with Crippen molar-refractivity contribution in [2.45, 2.75) is 4.90 Å². The summed E-state index contributed by atoms with van der Waals surface area (Å²) in [5.74, 6) is 0.527. The minimum atomic E-state index is -4.09. The highest BCUT2D eigenvalue weighted by atomic mass is 32.2. The molecule has 120 valence electrons. The van der Waals surface area contributed by atoms with Gasteiger partial charge in [0.2, 0.25) is 10.0 Å². The number of rotatable bonds is 4. The fourth-order valence-electron chi connectivity index (χ4n) is 2.26. The van der Waals surface area contributed by atoms with E-state index in [0.717, 1.165) is 0 Å². The Balaban J connectivity index is 2.29. The van der Waals surface area contributed by atoms with E-state index in [1.807, 2.05) is 12.1 Å². The molecule has 7 heteroatoms. The van der Waals surface area contributed by atoms with Gasteiger partial charge >= 0.3 is 0 Å². The summed E-state index contributed by atoms with van der Waals surface area (Å²) in [6.07, 6.45) is 3.45. The van der Waals surface area contributed by atoms with Crippen LogP contribution in [0.25, 0.3) is 5.69 Å². The summed E-state index contributed by atoms with van der Waals surface area (Å²) in [7, 11) is -4.09. The lowest BCUT2D eigenvalue weighted by Gasteiger charge is -2.16. The maximum Gasteiger partial charge on any atom is 0.241 e. The number of hydrogen-bond acceptors (Lipinski definition) is 4. The Hall–Kier alpha value is -3.08. The van der Waals surface area contributed by atoms with E-state index in [-0.39, 0.29) is 16.2 Å². The van der Waals surface area contributed by atoms with Gasteiger partial charge < -0.3 is 9.30 Å². The topological polar surface area (TPSA) is 98.1 Å². The molecule has 0 aliphatic heterocycles. The van der Waals surface area contributed by atoms with Crippen molar-refractivity contribution < 1.29 is 13.2 Å². The molecule has 0 aliphatic carbocycles. The second-order valence-electron chi connectivity index (χ2n) is 4.98. The van der Waals surface area contributed by atoms with Crippen LogP contribution in [0.3, 0.4) is 0 Å². The Kier molecular flexibility index (Phi) is 4.08. The van der Waals surface area contributed by atoms with Crippen molar-refractivity contribution in [1.82, 2.24) is 4.57 Å². The van der Waals surface area contributed by atoms with Crippen molar-refractivity contribution in [3.63, 3.8) is 0 Å². The van der Waals surface area contributed by atoms with Crippen LogP contribution in [0, 0.1) is 11.3 Å². The van der Waals surface area contributed by atoms with Crippen LogP contribution >= 0.6 is 0 Å². The van der Waals surface area contributed by atoms with Crippen molar-refractivity contribution in [2.24, 2.45) is 5.14 Å². The number of sulfonamides is 1. The molecule has 6 nitrogen and oxygen atoms in total. The maximum absolute atomic E-state index is 12.0. The smallest absolute Gasteiger partial charge is 0.241 e. The van der Waals surface area contributed by atoms with Crippen LogP contribution in [0.2, 0.25) is 0 Å². The maximum atomic E-state index is 12.0. The third kappa shape index (κ3) is 3.15. The molecule has 0 atom stereocenters. The highest BCUT2D eigenvalue weighted by Gasteiger charge is 2.22. The molecule has 0 unspecified atom stereocenters. The normalized spacial score (nSPS) is 11.0. The van der Waals surface area contributed by atoms with E-state index >= 15 is 0 Å². The average Bonchev–Trinajstić information content (AvgIpc) is 3.09. The fourth-order valence-corrected chi connectivity index (χ4v) is 2.96. The van der Waals surface area contributed by atoms with Gasteiger partial charge in [0.05, 0.1) is 17.3 Å². The van der Waals surface area contributed by atoms with Gasteiger partial charge in [-0.3, -0.25) is 0 Å². The lowest BCUT2D eigenvalue weighted by Crippen LogP contribution is -2.15. The van der Waals surface area contributed by atoms with Gasteiger partial charge in [-0.15, -0.1) is 0 Å². The number of nitrogens with zero attached hydrogens (tertiary/aromatic N) is 2. The largest absolute Gasteiger partial charge is 0.454 e. The first-order valence-electron chi connectivity index (χ1n) is 6.96. The number of primary sulfonamides is 1. The van der Waals surface area contributed by atoms with Crippen LogP contribution in [-0.4, -0.2) is 13.0 Å². The van der Waals surface area contributed by atoms with Gasteiger partial charge in [-0.05, 0) is 36.4 Å². The molecule has 24 heavy (non-hydrogen) atoms. The van der Waals surface area contributed by atoms with Crippen LogP contribution in [0.5, 0.6) is 11.5 Å². The number of aromatic nitrogens is 1. The minimum Gasteiger partial charge on any atom is -0.454 e. The van der Waals surface area contributed by atoms with E-state index < -0.39 is 10.0 Å². The molecule has 1 heterocycles. The number of nitriles is 1. The van der Waals surface area contributed by atoms with Gasteiger partial charge in [0, 0.05) is 12.4 Å². The number of nitrogens with two attached hydrogens (primary N) is 1. The fraction of sp³-hybridized carbons (Fsp3) is 0. The van der Waals surface area contributed by atoms with E-state index in [1.165, 1.54) is 6.07 Å². The molecular formula is C17H13N3O3S. The number of benzene rings is 2. The number of para-hydroxylation sites is 1. The first-order chi connectivity index (χ1) is 11.5. The van der Waals surface area contributed by atoms with E-state index in [4.69, 9.17) is 9.88 Å². The molecule has 0 spiro atoms. The molecule has 0 amide bonds. The van der Waals surface area contributed by atoms with Crippen molar-refractivity contribution >= 4 is 10.0 Å². The average molecular weight is 339 g/mol. The molecule has 0 radical (unpaired) electrons. The van der Waals surface area contributed by atoms with E-state index in [0.29, 0.717) is 11.4 Å². The van der Waals surface area contributed by atoms with Gasteiger partial charge in [-0.1, -0.05) is 18.2 Å². The third-order valence-electron chi connectivity index (χ3n) is 3.32. The minimum absolute atomic E-state index is 0.0684. The van der Waals surface area contributed by atoms with Crippen molar-refractivity contribution in [2.75, 3.05) is 0 Å². The molecule has 0 saturated carbocycles. The van der Waals surface area contributed by atoms with Crippen molar-refractivity contribution in [1.29, 1.82) is 5.26 Å². The first-order valence-corrected chi connectivity index (χ1v) is 8.51. The number of hydrogen-bond donors (Lipinski definition) is 1. The van der Waals surface area contributed by atoms with Gasteiger partial charge in [0.15, 0.2) is 5.75 Å². The third-order valence-corrected chi connectivity index (χ3v) is 4.23. The summed E-state index contributed by atoms with van der Waals surface area (Å²) in [4.78, 5) is -0.242. The van der Waals surface area contributed by atoms with Crippen LogP contribution < -0.4 is 9.88 Å². The Labute approximate surface area is 139 Å². The molecule has 0 fully saturated rings. The molecule has 3 aromatic rings. The monoisotopic (exact) mass is 339 g/mol. The summed E-state index contributed by atoms with van der Waals surface area (Å²) in [6.45, 7) is 0.